The van der Waals surface area contributed by atoms with E-state index in [1.54, 1.807) is 41.8 Å². The van der Waals surface area contributed by atoms with Crippen LogP contribution in [0.2, 0.25) is 5.02 Å². The maximum atomic E-state index is 12.4. The third kappa shape index (κ3) is 5.93. The van der Waals surface area contributed by atoms with E-state index in [0.717, 1.165) is 11.3 Å². The van der Waals surface area contributed by atoms with Crippen molar-refractivity contribution in [3.63, 3.8) is 0 Å². The minimum atomic E-state index is -3.75. The number of methoxy groups -OCH3 is 1. The highest BCUT2D eigenvalue weighted by Gasteiger charge is 2.16. The summed E-state index contributed by atoms with van der Waals surface area (Å²) in [7, 11) is -2.24. The van der Waals surface area contributed by atoms with Crippen LogP contribution in [0.4, 0.5) is 10.8 Å². The van der Waals surface area contributed by atoms with Crippen molar-refractivity contribution in [2.75, 3.05) is 17.1 Å². The van der Waals surface area contributed by atoms with Gasteiger partial charge in [0.25, 0.3) is 10.0 Å². The average molecular weight is 452 g/mol. The van der Waals surface area contributed by atoms with Gasteiger partial charge in [-0.2, -0.15) is 0 Å². The Morgan fingerprint density at radius 3 is 2.48 bits per heavy atom. The summed E-state index contributed by atoms with van der Waals surface area (Å²) in [5, 5.41) is 5.33. The van der Waals surface area contributed by atoms with Gasteiger partial charge in [0, 0.05) is 22.5 Å². The molecule has 0 bridgehead atoms. The highest BCUT2D eigenvalue weighted by molar-refractivity contribution is 7.93. The van der Waals surface area contributed by atoms with Crippen molar-refractivity contribution in [2.24, 2.45) is 0 Å². The number of nitrogens with zero attached hydrogens (tertiary/aromatic N) is 1. The van der Waals surface area contributed by atoms with Crippen LogP contribution in [0.15, 0.2) is 58.8 Å². The number of aryl methyl sites for hydroxylation is 1. The number of thiazole rings is 1. The number of sulfonamides is 1. The van der Waals surface area contributed by atoms with E-state index in [0.29, 0.717) is 28.6 Å². The number of anilines is 2. The minimum Gasteiger partial charge on any atom is -0.497 e. The molecule has 0 aliphatic carbocycles. The van der Waals surface area contributed by atoms with Crippen LogP contribution in [-0.4, -0.2) is 26.4 Å². The summed E-state index contributed by atoms with van der Waals surface area (Å²) in [6.07, 6.45) is 0.608. The molecule has 1 heterocycles. The fourth-order valence-electron chi connectivity index (χ4n) is 2.40. The Morgan fingerprint density at radius 2 is 1.83 bits per heavy atom. The lowest BCUT2D eigenvalue weighted by Crippen LogP contribution is -2.13. The summed E-state index contributed by atoms with van der Waals surface area (Å²) in [5.41, 5.74) is 1.29. The van der Waals surface area contributed by atoms with Gasteiger partial charge in [0.2, 0.25) is 5.91 Å². The molecule has 0 saturated carbocycles. The molecular formula is C19H18ClN3O4S2. The van der Waals surface area contributed by atoms with Gasteiger partial charge in [0.1, 0.15) is 5.75 Å². The molecule has 2 N–H and O–H groups in total. The molecule has 1 amide bonds. The normalized spacial score (nSPS) is 11.1. The summed E-state index contributed by atoms with van der Waals surface area (Å²) in [6, 6.07) is 12.9. The molecule has 0 aliphatic rings. The van der Waals surface area contributed by atoms with E-state index in [-0.39, 0.29) is 22.4 Å². The molecule has 1 aromatic heterocycles. The van der Waals surface area contributed by atoms with Crippen LogP contribution >= 0.6 is 22.9 Å². The van der Waals surface area contributed by atoms with Gasteiger partial charge in [-0.1, -0.05) is 11.6 Å². The second-order valence-corrected chi connectivity index (χ2v) is 8.96. The maximum Gasteiger partial charge on any atom is 0.263 e. The lowest BCUT2D eigenvalue weighted by molar-refractivity contribution is -0.116. The van der Waals surface area contributed by atoms with E-state index in [1.807, 2.05) is 0 Å². The summed E-state index contributed by atoms with van der Waals surface area (Å²) in [4.78, 5) is 16.4. The zero-order valence-electron chi connectivity index (χ0n) is 15.4. The number of hydrogen-bond donors (Lipinski definition) is 2. The Bertz CT molecular complexity index is 1080. The first kappa shape index (κ1) is 21.1. The fourth-order valence-corrected chi connectivity index (χ4v) is 4.52. The molecule has 0 atom stereocenters. The van der Waals surface area contributed by atoms with E-state index in [1.165, 1.54) is 19.2 Å². The van der Waals surface area contributed by atoms with Gasteiger partial charge in [0.05, 0.1) is 17.7 Å². The zero-order valence-corrected chi connectivity index (χ0v) is 17.8. The molecule has 0 aliphatic heterocycles. The van der Waals surface area contributed by atoms with Gasteiger partial charge >= 0.3 is 0 Å². The van der Waals surface area contributed by atoms with Crippen molar-refractivity contribution in [2.45, 2.75) is 17.7 Å². The van der Waals surface area contributed by atoms with Crippen LogP contribution in [0.1, 0.15) is 12.1 Å². The molecule has 10 heteroatoms. The predicted octanol–water partition coefficient (Wildman–Crippen LogP) is 4.18. The topological polar surface area (TPSA) is 97.4 Å². The first-order valence-electron chi connectivity index (χ1n) is 8.52. The molecule has 3 rings (SSSR count). The molecule has 29 heavy (non-hydrogen) atoms. The number of rotatable bonds is 8. The average Bonchev–Trinajstić information content (AvgIpc) is 3.15. The SMILES string of the molecule is COc1ccc(S(=O)(=O)Nc2nc(CCC(=O)Nc3ccc(Cl)cc3)cs2)cc1. The zero-order chi connectivity index (χ0) is 20.9. The lowest BCUT2D eigenvalue weighted by atomic mass is 10.2. The summed E-state index contributed by atoms with van der Waals surface area (Å²) >= 11 is 6.98. The molecule has 152 valence electrons. The molecule has 0 spiro atoms. The van der Waals surface area contributed by atoms with E-state index in [2.05, 4.69) is 15.0 Å². The molecule has 0 radical (unpaired) electrons. The Hall–Kier alpha value is -2.62. The fraction of sp³-hybridized carbons (Fsp3) is 0.158. The van der Waals surface area contributed by atoms with Crippen molar-refractivity contribution in [3.8, 4) is 5.75 Å². The van der Waals surface area contributed by atoms with Crippen LogP contribution in [-0.2, 0) is 21.2 Å². The predicted molar refractivity (Wildman–Crippen MR) is 114 cm³/mol. The van der Waals surface area contributed by atoms with Gasteiger partial charge in [-0.15, -0.1) is 11.3 Å². The third-order valence-electron chi connectivity index (χ3n) is 3.88. The number of hydrogen-bond acceptors (Lipinski definition) is 6. The van der Waals surface area contributed by atoms with Crippen LogP contribution in [0.25, 0.3) is 0 Å². The van der Waals surface area contributed by atoms with Crippen LogP contribution in [0.3, 0.4) is 0 Å². The number of amides is 1. The smallest absolute Gasteiger partial charge is 0.263 e. The Morgan fingerprint density at radius 1 is 1.14 bits per heavy atom. The van der Waals surface area contributed by atoms with Gasteiger partial charge in [0.15, 0.2) is 5.13 Å². The number of ether oxygens (including phenoxy) is 1. The molecule has 0 unspecified atom stereocenters. The monoisotopic (exact) mass is 451 g/mol. The Labute approximate surface area is 177 Å². The molecule has 0 fully saturated rings. The van der Waals surface area contributed by atoms with E-state index in [9.17, 15) is 13.2 Å². The first-order chi connectivity index (χ1) is 13.9. The van der Waals surface area contributed by atoms with Gasteiger partial charge in [-0.05, 0) is 55.0 Å². The Balaban J connectivity index is 1.55. The highest BCUT2D eigenvalue weighted by atomic mass is 35.5. The second-order valence-electron chi connectivity index (χ2n) is 5.98. The van der Waals surface area contributed by atoms with Crippen LogP contribution in [0.5, 0.6) is 5.75 Å². The van der Waals surface area contributed by atoms with E-state index < -0.39 is 10.0 Å². The van der Waals surface area contributed by atoms with Gasteiger partial charge in [-0.25, -0.2) is 13.4 Å². The van der Waals surface area contributed by atoms with Gasteiger partial charge in [-0.3, -0.25) is 9.52 Å². The molecule has 3 aromatic rings. The van der Waals surface area contributed by atoms with Crippen molar-refractivity contribution in [1.29, 1.82) is 0 Å². The van der Waals surface area contributed by atoms with Crippen molar-refractivity contribution < 1.29 is 17.9 Å². The quantitative estimate of drug-likeness (QED) is 0.535. The number of aromatic nitrogens is 1. The maximum absolute atomic E-state index is 12.4. The second kappa shape index (κ2) is 9.25. The van der Waals surface area contributed by atoms with E-state index in [4.69, 9.17) is 16.3 Å². The molecular weight excluding hydrogens is 434 g/mol. The third-order valence-corrected chi connectivity index (χ3v) is 6.42. The molecule has 7 nitrogen and oxygen atoms in total. The lowest BCUT2D eigenvalue weighted by Gasteiger charge is -2.06. The Kier molecular flexibility index (Phi) is 6.73. The van der Waals surface area contributed by atoms with Crippen LogP contribution < -0.4 is 14.8 Å². The summed E-state index contributed by atoms with van der Waals surface area (Å²) in [5.74, 6) is 0.401. The number of carbonyl (C=O) groups excluding carboxylic acids is 1. The van der Waals surface area contributed by atoms with Gasteiger partial charge < -0.3 is 10.1 Å². The van der Waals surface area contributed by atoms with Crippen molar-refractivity contribution in [1.82, 2.24) is 4.98 Å². The summed E-state index contributed by atoms with van der Waals surface area (Å²) < 4.78 is 32.4. The summed E-state index contributed by atoms with van der Waals surface area (Å²) in [6.45, 7) is 0. The number of nitrogens with one attached hydrogen (secondary N) is 2. The van der Waals surface area contributed by atoms with Crippen molar-refractivity contribution in [3.05, 3.63) is 64.6 Å². The molecule has 2 aromatic carbocycles. The van der Waals surface area contributed by atoms with Crippen molar-refractivity contribution >= 4 is 49.7 Å². The highest BCUT2D eigenvalue weighted by Crippen LogP contribution is 2.22. The standard InChI is InChI=1S/C19H18ClN3O4S2/c1-27-16-7-9-17(10-8-16)29(25,26)23-19-22-15(12-28-19)6-11-18(24)21-14-4-2-13(20)3-5-14/h2-5,7-10,12H,6,11H2,1H3,(H,21,24)(H,22,23). The minimum absolute atomic E-state index is 0.109. The molecule has 0 saturated heterocycles. The first-order valence-corrected chi connectivity index (χ1v) is 11.3. The number of carbonyl (C=O) groups is 1. The largest absolute Gasteiger partial charge is 0.497 e. The van der Waals surface area contributed by atoms with E-state index >= 15 is 0 Å². The van der Waals surface area contributed by atoms with Crippen LogP contribution in [0, 0.1) is 0 Å². The number of halogens is 1. The number of benzene rings is 2.